The molecule has 0 atom stereocenters. The van der Waals surface area contributed by atoms with Crippen molar-refractivity contribution in [2.75, 3.05) is 19.4 Å². The van der Waals surface area contributed by atoms with Crippen LogP contribution in [0, 0.1) is 0 Å². The maximum absolute atomic E-state index is 12.1. The first-order valence-corrected chi connectivity index (χ1v) is 6.49. The number of nitrogen functional groups attached to an aromatic ring is 1. The number of amides is 1. The van der Waals surface area contributed by atoms with Gasteiger partial charge in [-0.05, 0) is 25.0 Å². The minimum absolute atomic E-state index is 0.268. The lowest BCUT2D eigenvalue weighted by Crippen LogP contribution is -2.40. The molecule has 1 amide bonds. The number of hydrogen-bond acceptors (Lipinski definition) is 4. The molecular formula is C14H20N2O3. The van der Waals surface area contributed by atoms with E-state index in [-0.39, 0.29) is 12.5 Å². The van der Waals surface area contributed by atoms with Crippen LogP contribution in [0.5, 0.6) is 5.75 Å². The molecule has 2 rings (SSSR count). The molecule has 0 spiro atoms. The molecule has 5 nitrogen and oxygen atoms in total. The summed E-state index contributed by atoms with van der Waals surface area (Å²) in [6.45, 7) is 0.268. The second-order valence-corrected chi connectivity index (χ2v) is 5.04. The molecule has 0 aromatic heterocycles. The molecular weight excluding hydrogens is 244 g/mol. The minimum atomic E-state index is -0.761. The smallest absolute Gasteiger partial charge is 0.255 e. The maximum Gasteiger partial charge on any atom is 0.255 e. The number of hydrogen-bond donors (Lipinski definition) is 3. The van der Waals surface area contributed by atoms with Crippen LogP contribution in [0.2, 0.25) is 0 Å². The zero-order valence-corrected chi connectivity index (χ0v) is 11.1. The molecule has 0 aliphatic heterocycles. The van der Waals surface area contributed by atoms with Crippen LogP contribution < -0.4 is 15.8 Å². The van der Waals surface area contributed by atoms with Gasteiger partial charge in [0.25, 0.3) is 5.91 Å². The number of anilines is 1. The first kappa shape index (κ1) is 13.7. The number of nitrogens with two attached hydrogens (primary N) is 1. The third-order valence-electron chi connectivity index (χ3n) is 3.61. The van der Waals surface area contributed by atoms with Crippen molar-refractivity contribution in [1.29, 1.82) is 0 Å². The van der Waals surface area contributed by atoms with E-state index in [1.165, 1.54) is 7.11 Å². The Bertz CT molecular complexity index is 468. The molecule has 0 heterocycles. The van der Waals surface area contributed by atoms with Crippen LogP contribution in [0.4, 0.5) is 5.69 Å². The number of aliphatic hydroxyl groups is 1. The molecule has 1 aromatic rings. The van der Waals surface area contributed by atoms with E-state index in [0.29, 0.717) is 17.0 Å². The number of carbonyl (C=O) groups is 1. The van der Waals surface area contributed by atoms with E-state index in [2.05, 4.69) is 5.32 Å². The summed E-state index contributed by atoms with van der Waals surface area (Å²) >= 11 is 0. The molecule has 4 N–H and O–H groups in total. The summed E-state index contributed by atoms with van der Waals surface area (Å²) in [5, 5.41) is 13.0. The second kappa shape index (κ2) is 5.48. The molecule has 19 heavy (non-hydrogen) atoms. The van der Waals surface area contributed by atoms with Gasteiger partial charge in [-0.2, -0.15) is 0 Å². The molecule has 1 saturated carbocycles. The zero-order chi connectivity index (χ0) is 13.9. The molecule has 5 heteroatoms. The summed E-state index contributed by atoms with van der Waals surface area (Å²) in [4.78, 5) is 12.1. The molecule has 104 valence electrons. The van der Waals surface area contributed by atoms with Gasteiger partial charge in [0.05, 0.1) is 24.0 Å². The van der Waals surface area contributed by atoms with E-state index in [1.54, 1.807) is 18.2 Å². The molecule has 1 aromatic carbocycles. The number of carbonyl (C=O) groups excluding carboxylic acids is 1. The predicted molar refractivity (Wildman–Crippen MR) is 73.2 cm³/mol. The van der Waals surface area contributed by atoms with Crippen molar-refractivity contribution in [3.63, 3.8) is 0 Å². The standard InChI is InChI=1S/C14H20N2O3/c1-19-12-10(5-4-6-11(12)15)13(17)16-9-14(18)7-2-3-8-14/h4-6,18H,2-3,7-9,15H2,1H3,(H,16,17). The highest BCUT2D eigenvalue weighted by molar-refractivity contribution is 5.98. The summed E-state index contributed by atoms with van der Waals surface area (Å²) < 4.78 is 5.15. The molecule has 1 fully saturated rings. The summed E-state index contributed by atoms with van der Waals surface area (Å²) in [5.74, 6) is 0.0999. The second-order valence-electron chi connectivity index (χ2n) is 5.04. The monoisotopic (exact) mass is 264 g/mol. The molecule has 0 bridgehead atoms. The van der Waals surface area contributed by atoms with Gasteiger partial charge in [-0.25, -0.2) is 0 Å². The van der Waals surface area contributed by atoms with Crippen molar-refractivity contribution in [2.24, 2.45) is 0 Å². The highest BCUT2D eigenvalue weighted by atomic mass is 16.5. The summed E-state index contributed by atoms with van der Waals surface area (Å²) in [7, 11) is 1.48. The number of methoxy groups -OCH3 is 1. The van der Waals surface area contributed by atoms with E-state index in [0.717, 1.165) is 25.7 Å². The molecule has 0 unspecified atom stereocenters. The van der Waals surface area contributed by atoms with Gasteiger partial charge >= 0.3 is 0 Å². The van der Waals surface area contributed by atoms with E-state index < -0.39 is 5.60 Å². The van der Waals surface area contributed by atoms with Crippen LogP contribution in [0.3, 0.4) is 0 Å². The lowest BCUT2D eigenvalue weighted by atomic mass is 10.0. The number of nitrogens with one attached hydrogen (secondary N) is 1. The average molecular weight is 264 g/mol. The van der Waals surface area contributed by atoms with Crippen LogP contribution in [-0.4, -0.2) is 30.3 Å². The Morgan fingerprint density at radius 2 is 2.16 bits per heavy atom. The van der Waals surface area contributed by atoms with Crippen molar-refractivity contribution in [3.8, 4) is 5.75 Å². The lowest BCUT2D eigenvalue weighted by Gasteiger charge is -2.22. The third kappa shape index (κ3) is 2.98. The largest absolute Gasteiger partial charge is 0.494 e. The van der Waals surface area contributed by atoms with Crippen molar-refractivity contribution in [3.05, 3.63) is 23.8 Å². The Morgan fingerprint density at radius 3 is 2.79 bits per heavy atom. The Morgan fingerprint density at radius 1 is 1.47 bits per heavy atom. The first-order valence-electron chi connectivity index (χ1n) is 6.49. The number of para-hydroxylation sites is 1. The van der Waals surface area contributed by atoms with E-state index >= 15 is 0 Å². The van der Waals surface area contributed by atoms with E-state index in [1.807, 2.05) is 0 Å². The lowest BCUT2D eigenvalue weighted by molar-refractivity contribution is 0.0449. The van der Waals surface area contributed by atoms with Gasteiger partial charge in [0, 0.05) is 6.54 Å². The SMILES string of the molecule is COc1c(N)cccc1C(=O)NCC1(O)CCCC1. The fourth-order valence-electron chi connectivity index (χ4n) is 2.51. The highest BCUT2D eigenvalue weighted by Crippen LogP contribution is 2.29. The van der Waals surface area contributed by atoms with Gasteiger partial charge in [0.15, 0.2) is 5.75 Å². The predicted octanol–water partition coefficient (Wildman–Crippen LogP) is 1.31. The molecule has 1 aliphatic rings. The Kier molecular flexibility index (Phi) is 3.95. The summed E-state index contributed by atoms with van der Waals surface area (Å²) in [6.07, 6.45) is 3.49. The third-order valence-corrected chi connectivity index (χ3v) is 3.61. The van der Waals surface area contributed by atoms with Crippen LogP contribution in [-0.2, 0) is 0 Å². The number of rotatable bonds is 4. The highest BCUT2D eigenvalue weighted by Gasteiger charge is 2.31. The van der Waals surface area contributed by atoms with Crippen molar-refractivity contribution in [2.45, 2.75) is 31.3 Å². The molecule has 1 aliphatic carbocycles. The summed E-state index contributed by atoms with van der Waals surface area (Å²) in [5.41, 5.74) is 5.82. The van der Waals surface area contributed by atoms with Crippen LogP contribution >= 0.6 is 0 Å². The average Bonchev–Trinajstić information content (AvgIpc) is 2.83. The minimum Gasteiger partial charge on any atom is -0.494 e. The molecule has 0 radical (unpaired) electrons. The fourth-order valence-corrected chi connectivity index (χ4v) is 2.51. The van der Waals surface area contributed by atoms with Gasteiger partial charge in [0.1, 0.15) is 0 Å². The number of benzene rings is 1. The Hall–Kier alpha value is -1.75. The first-order chi connectivity index (χ1) is 9.06. The molecule has 0 saturated heterocycles. The Balaban J connectivity index is 2.06. The van der Waals surface area contributed by atoms with E-state index in [9.17, 15) is 9.90 Å². The fraction of sp³-hybridized carbons (Fsp3) is 0.500. The van der Waals surface area contributed by atoms with Crippen LogP contribution in [0.1, 0.15) is 36.0 Å². The van der Waals surface area contributed by atoms with Gasteiger partial charge in [-0.15, -0.1) is 0 Å². The van der Waals surface area contributed by atoms with Crippen LogP contribution in [0.15, 0.2) is 18.2 Å². The van der Waals surface area contributed by atoms with Gasteiger partial charge in [0.2, 0.25) is 0 Å². The van der Waals surface area contributed by atoms with Gasteiger partial charge in [-0.3, -0.25) is 4.79 Å². The van der Waals surface area contributed by atoms with Gasteiger partial charge in [-0.1, -0.05) is 18.9 Å². The van der Waals surface area contributed by atoms with Crippen molar-refractivity contribution < 1.29 is 14.6 Å². The Labute approximate surface area is 112 Å². The van der Waals surface area contributed by atoms with Crippen molar-refractivity contribution >= 4 is 11.6 Å². The quantitative estimate of drug-likeness (QED) is 0.716. The maximum atomic E-state index is 12.1. The topological polar surface area (TPSA) is 84.6 Å². The zero-order valence-electron chi connectivity index (χ0n) is 11.1. The van der Waals surface area contributed by atoms with E-state index in [4.69, 9.17) is 10.5 Å². The normalized spacial score (nSPS) is 17.2. The van der Waals surface area contributed by atoms with Gasteiger partial charge < -0.3 is 20.9 Å². The van der Waals surface area contributed by atoms with Crippen molar-refractivity contribution in [1.82, 2.24) is 5.32 Å². The summed E-state index contributed by atoms with van der Waals surface area (Å²) in [6, 6.07) is 5.04. The number of ether oxygens (including phenoxy) is 1. The van der Waals surface area contributed by atoms with Crippen LogP contribution in [0.25, 0.3) is 0 Å².